The third-order valence-corrected chi connectivity index (χ3v) is 6.96. The second kappa shape index (κ2) is 5.41. The molecule has 0 aliphatic heterocycles. The van der Waals surface area contributed by atoms with Crippen LogP contribution in [0, 0.1) is 0 Å². The summed E-state index contributed by atoms with van der Waals surface area (Å²) in [5, 5.41) is 0. The molecular weight excluding hydrogens is 164 g/mol. The lowest BCUT2D eigenvalue weighted by molar-refractivity contribution is 0.453. The topological polar surface area (TPSA) is 9.23 Å². The van der Waals surface area contributed by atoms with E-state index in [-0.39, 0.29) is 0 Å². The first-order valence-electron chi connectivity index (χ1n) is 4.91. The first kappa shape index (κ1) is 11.8. The first-order valence-corrected chi connectivity index (χ1v) is 7.44. The average Bonchev–Trinajstić information content (AvgIpc) is 2.08. The Hall–Kier alpha value is -0.243. The molecule has 72 valence electrons. The zero-order chi connectivity index (χ0) is 9.61. The van der Waals surface area contributed by atoms with Gasteiger partial charge in [-0.25, -0.2) is 0 Å². The second-order valence-corrected chi connectivity index (χ2v) is 8.28. The predicted octanol–water partition coefficient (Wildman–Crippen LogP) is 3.93. The minimum Gasteiger partial charge on any atom is -0.549 e. The fourth-order valence-corrected chi connectivity index (χ4v) is 3.73. The summed E-state index contributed by atoms with van der Waals surface area (Å²) in [6.07, 6.45) is 1.95. The van der Waals surface area contributed by atoms with Crippen LogP contribution in [-0.2, 0) is 4.43 Å². The van der Waals surface area contributed by atoms with E-state index in [1.54, 1.807) is 0 Å². The molecule has 0 amide bonds. The van der Waals surface area contributed by atoms with Gasteiger partial charge in [-0.15, -0.1) is 0 Å². The van der Waals surface area contributed by atoms with Gasteiger partial charge in [-0.3, -0.25) is 0 Å². The van der Waals surface area contributed by atoms with Crippen molar-refractivity contribution in [3.63, 3.8) is 0 Å². The predicted molar refractivity (Wildman–Crippen MR) is 57.7 cm³/mol. The molecule has 12 heavy (non-hydrogen) atoms. The highest BCUT2D eigenvalue weighted by atomic mass is 28.4. The van der Waals surface area contributed by atoms with E-state index in [1.807, 2.05) is 6.26 Å². The van der Waals surface area contributed by atoms with Gasteiger partial charge in [-0.2, -0.15) is 0 Å². The lowest BCUT2D eigenvalue weighted by Crippen LogP contribution is -2.33. The van der Waals surface area contributed by atoms with E-state index in [4.69, 9.17) is 4.43 Å². The summed E-state index contributed by atoms with van der Waals surface area (Å²) in [6.45, 7) is 10.9. The van der Waals surface area contributed by atoms with Crippen molar-refractivity contribution in [2.75, 3.05) is 0 Å². The highest BCUT2D eigenvalue weighted by Crippen LogP contribution is 2.22. The van der Waals surface area contributed by atoms with Crippen molar-refractivity contribution in [2.45, 2.75) is 52.8 Å². The van der Waals surface area contributed by atoms with Crippen LogP contribution < -0.4 is 0 Å². The van der Waals surface area contributed by atoms with Crippen molar-refractivity contribution in [1.29, 1.82) is 0 Å². The minimum absolute atomic E-state index is 1.23. The summed E-state index contributed by atoms with van der Waals surface area (Å²) in [5.41, 5.74) is 1.27. The summed E-state index contributed by atoms with van der Waals surface area (Å²) in [7, 11) is -1.36. The van der Waals surface area contributed by atoms with Crippen molar-refractivity contribution < 1.29 is 4.43 Å². The Morgan fingerprint density at radius 3 is 1.75 bits per heavy atom. The van der Waals surface area contributed by atoms with Crippen molar-refractivity contribution in [3.05, 3.63) is 11.8 Å². The molecule has 0 saturated carbocycles. The molecule has 0 aromatic carbocycles. The fraction of sp³-hybridized carbons (Fsp3) is 0.800. The van der Waals surface area contributed by atoms with E-state index in [0.29, 0.717) is 0 Å². The van der Waals surface area contributed by atoms with Crippen molar-refractivity contribution >= 4 is 8.32 Å². The molecule has 0 atom stereocenters. The lowest BCUT2D eigenvalue weighted by atomic mass is 10.4. The summed E-state index contributed by atoms with van der Waals surface area (Å²) in [6, 6.07) is 3.68. The average molecular weight is 186 g/mol. The van der Waals surface area contributed by atoms with Crippen molar-refractivity contribution in [2.24, 2.45) is 0 Å². The number of hydrogen-bond acceptors (Lipinski definition) is 1. The molecular formula is C10H22OSi. The van der Waals surface area contributed by atoms with Crippen molar-refractivity contribution in [3.8, 4) is 0 Å². The quantitative estimate of drug-likeness (QED) is 0.467. The highest BCUT2D eigenvalue weighted by molar-refractivity contribution is 6.73. The van der Waals surface area contributed by atoms with E-state index in [0.717, 1.165) is 0 Å². The smallest absolute Gasteiger partial charge is 0.249 e. The maximum absolute atomic E-state index is 5.92. The molecule has 0 aliphatic carbocycles. The summed E-state index contributed by atoms with van der Waals surface area (Å²) in [5.74, 6) is 0. The second-order valence-electron chi connectivity index (χ2n) is 3.56. The molecule has 0 rings (SSSR count). The van der Waals surface area contributed by atoms with Gasteiger partial charge in [0.1, 0.15) is 0 Å². The van der Waals surface area contributed by atoms with E-state index in [1.165, 1.54) is 23.7 Å². The molecule has 0 aromatic heterocycles. The zero-order valence-corrected chi connectivity index (χ0v) is 10.1. The van der Waals surface area contributed by atoms with Crippen LogP contribution in [0.2, 0.25) is 18.1 Å². The van der Waals surface area contributed by atoms with Crippen LogP contribution in [-0.4, -0.2) is 8.32 Å². The normalized spacial score (nSPS) is 11.1. The monoisotopic (exact) mass is 186 g/mol. The number of rotatable bonds is 5. The van der Waals surface area contributed by atoms with Gasteiger partial charge in [0, 0.05) is 0 Å². The minimum atomic E-state index is -1.36. The van der Waals surface area contributed by atoms with Gasteiger partial charge >= 0.3 is 0 Å². The van der Waals surface area contributed by atoms with Gasteiger partial charge in [0.15, 0.2) is 0 Å². The Kier molecular flexibility index (Phi) is 5.30. The van der Waals surface area contributed by atoms with E-state index in [9.17, 15) is 0 Å². The fourth-order valence-electron chi connectivity index (χ4n) is 1.24. The zero-order valence-electron chi connectivity index (χ0n) is 9.11. The van der Waals surface area contributed by atoms with Gasteiger partial charge in [-0.05, 0) is 37.6 Å². The molecule has 0 aliphatic rings. The van der Waals surface area contributed by atoms with Crippen LogP contribution in [0.15, 0.2) is 11.8 Å². The SMILES string of the molecule is CC[Si](CC)(CC)OC=C(C)C. The van der Waals surface area contributed by atoms with Gasteiger partial charge in [-0.1, -0.05) is 20.8 Å². The van der Waals surface area contributed by atoms with Gasteiger partial charge in [0.25, 0.3) is 0 Å². The largest absolute Gasteiger partial charge is 0.549 e. The Labute approximate surface area is 78.0 Å². The Balaban J connectivity index is 4.20. The van der Waals surface area contributed by atoms with Crippen LogP contribution >= 0.6 is 0 Å². The van der Waals surface area contributed by atoms with Crippen molar-refractivity contribution in [1.82, 2.24) is 0 Å². The third kappa shape index (κ3) is 3.44. The van der Waals surface area contributed by atoms with Gasteiger partial charge in [0.2, 0.25) is 8.32 Å². The molecule has 0 saturated heterocycles. The lowest BCUT2D eigenvalue weighted by Gasteiger charge is -2.26. The van der Waals surface area contributed by atoms with Gasteiger partial charge < -0.3 is 4.43 Å². The molecule has 2 heteroatoms. The first-order chi connectivity index (χ1) is 5.60. The van der Waals surface area contributed by atoms with E-state index >= 15 is 0 Å². The van der Waals surface area contributed by atoms with Crippen LogP contribution in [0.4, 0.5) is 0 Å². The number of hydrogen-bond donors (Lipinski definition) is 0. The van der Waals surface area contributed by atoms with E-state index < -0.39 is 8.32 Å². The van der Waals surface area contributed by atoms with Crippen LogP contribution in [0.25, 0.3) is 0 Å². The summed E-state index contributed by atoms with van der Waals surface area (Å²) in [4.78, 5) is 0. The number of allylic oxidation sites excluding steroid dienone is 1. The molecule has 0 aromatic rings. The molecule has 0 heterocycles. The maximum atomic E-state index is 5.92. The summed E-state index contributed by atoms with van der Waals surface area (Å²) < 4.78 is 5.92. The maximum Gasteiger partial charge on any atom is 0.249 e. The highest BCUT2D eigenvalue weighted by Gasteiger charge is 2.28. The third-order valence-electron chi connectivity index (χ3n) is 2.48. The van der Waals surface area contributed by atoms with Crippen LogP contribution in [0.3, 0.4) is 0 Å². The molecule has 0 radical (unpaired) electrons. The molecule has 0 fully saturated rings. The Bertz CT molecular complexity index is 136. The Morgan fingerprint density at radius 1 is 1.08 bits per heavy atom. The van der Waals surface area contributed by atoms with Crippen LogP contribution in [0.1, 0.15) is 34.6 Å². The van der Waals surface area contributed by atoms with Crippen LogP contribution in [0.5, 0.6) is 0 Å². The Morgan fingerprint density at radius 2 is 1.50 bits per heavy atom. The molecule has 0 bridgehead atoms. The van der Waals surface area contributed by atoms with E-state index in [2.05, 4.69) is 34.6 Å². The standard InChI is InChI=1S/C10H22OSi/c1-6-12(7-2,8-3)11-9-10(4)5/h9H,6-8H2,1-5H3. The molecule has 0 spiro atoms. The summed E-state index contributed by atoms with van der Waals surface area (Å²) >= 11 is 0. The molecule has 0 N–H and O–H groups in total. The molecule has 1 nitrogen and oxygen atoms in total. The molecule has 0 unspecified atom stereocenters. The van der Waals surface area contributed by atoms with Gasteiger partial charge in [0.05, 0.1) is 6.26 Å².